The quantitative estimate of drug-likeness (QED) is 0.624. The highest BCUT2D eigenvalue weighted by molar-refractivity contribution is 7.89. The molecule has 0 unspecified atom stereocenters. The first kappa shape index (κ1) is 14.7. The molecule has 0 radical (unpaired) electrons. The van der Waals surface area contributed by atoms with Crippen LogP contribution in [0.1, 0.15) is 18.4 Å². The molecule has 6 heteroatoms. The summed E-state index contributed by atoms with van der Waals surface area (Å²) in [6.07, 6.45) is 0.616. The SMILES string of the molecule is COC(=O)CCCNS(=O)(=O)c1ccc(C)cc1. The van der Waals surface area contributed by atoms with Crippen LogP contribution in [0.4, 0.5) is 0 Å². The minimum atomic E-state index is -3.48. The molecule has 1 N–H and O–H groups in total. The molecule has 0 atom stereocenters. The van der Waals surface area contributed by atoms with Crippen LogP contribution in [0.2, 0.25) is 0 Å². The number of esters is 1. The molecular weight excluding hydrogens is 254 g/mol. The Bertz CT molecular complexity index is 493. The second-order valence-electron chi connectivity index (χ2n) is 3.89. The van der Waals surface area contributed by atoms with Crippen molar-refractivity contribution in [2.24, 2.45) is 0 Å². The molecule has 0 saturated heterocycles. The lowest BCUT2D eigenvalue weighted by atomic mass is 10.2. The molecule has 0 spiro atoms. The van der Waals surface area contributed by atoms with E-state index in [0.29, 0.717) is 6.42 Å². The third kappa shape index (κ3) is 4.46. The largest absolute Gasteiger partial charge is 0.469 e. The number of nitrogens with one attached hydrogen (secondary N) is 1. The fourth-order valence-electron chi connectivity index (χ4n) is 1.34. The van der Waals surface area contributed by atoms with E-state index in [9.17, 15) is 13.2 Å². The Morgan fingerprint density at radius 1 is 1.28 bits per heavy atom. The predicted molar refractivity (Wildman–Crippen MR) is 67.6 cm³/mol. The molecule has 0 heterocycles. The lowest BCUT2D eigenvalue weighted by Crippen LogP contribution is -2.25. The molecule has 0 aliphatic rings. The van der Waals surface area contributed by atoms with Gasteiger partial charge < -0.3 is 4.74 Å². The maximum absolute atomic E-state index is 11.8. The van der Waals surface area contributed by atoms with Gasteiger partial charge in [0.15, 0.2) is 0 Å². The van der Waals surface area contributed by atoms with E-state index in [2.05, 4.69) is 9.46 Å². The Morgan fingerprint density at radius 3 is 2.44 bits per heavy atom. The first-order valence-electron chi connectivity index (χ1n) is 5.59. The summed E-state index contributed by atoms with van der Waals surface area (Å²) in [7, 11) is -2.18. The highest BCUT2D eigenvalue weighted by atomic mass is 32.2. The van der Waals surface area contributed by atoms with Crippen molar-refractivity contribution in [3.05, 3.63) is 29.8 Å². The maximum Gasteiger partial charge on any atom is 0.305 e. The lowest BCUT2D eigenvalue weighted by molar-refractivity contribution is -0.140. The van der Waals surface area contributed by atoms with Gasteiger partial charge in [0.25, 0.3) is 0 Å². The zero-order chi connectivity index (χ0) is 13.6. The smallest absolute Gasteiger partial charge is 0.305 e. The summed E-state index contributed by atoms with van der Waals surface area (Å²) in [4.78, 5) is 11.1. The van der Waals surface area contributed by atoms with Crippen molar-refractivity contribution in [3.63, 3.8) is 0 Å². The Kier molecular flexibility index (Phi) is 5.30. The fraction of sp³-hybridized carbons (Fsp3) is 0.417. The number of carbonyl (C=O) groups is 1. The van der Waals surface area contributed by atoms with Crippen LogP contribution in [0.5, 0.6) is 0 Å². The lowest BCUT2D eigenvalue weighted by Gasteiger charge is -2.06. The van der Waals surface area contributed by atoms with Gasteiger partial charge in [-0.2, -0.15) is 0 Å². The molecule has 0 bridgehead atoms. The molecule has 5 nitrogen and oxygen atoms in total. The molecule has 0 saturated carbocycles. The van der Waals surface area contributed by atoms with E-state index in [-0.39, 0.29) is 23.8 Å². The first-order valence-corrected chi connectivity index (χ1v) is 7.07. The third-order valence-electron chi connectivity index (χ3n) is 2.41. The number of carbonyl (C=O) groups excluding carboxylic acids is 1. The molecule has 1 aromatic rings. The third-order valence-corrected chi connectivity index (χ3v) is 3.89. The van der Waals surface area contributed by atoms with Crippen molar-refractivity contribution in [2.75, 3.05) is 13.7 Å². The van der Waals surface area contributed by atoms with Gasteiger partial charge in [0.1, 0.15) is 0 Å². The number of hydrogen-bond donors (Lipinski definition) is 1. The number of benzene rings is 1. The van der Waals surface area contributed by atoms with Crippen LogP contribution in [0.25, 0.3) is 0 Å². The van der Waals surface area contributed by atoms with Crippen molar-refractivity contribution < 1.29 is 17.9 Å². The molecule has 0 amide bonds. The summed E-state index contributed by atoms with van der Waals surface area (Å²) >= 11 is 0. The minimum Gasteiger partial charge on any atom is -0.469 e. The van der Waals surface area contributed by atoms with Crippen LogP contribution in [-0.2, 0) is 19.6 Å². The Morgan fingerprint density at radius 2 is 1.89 bits per heavy atom. The number of rotatable bonds is 6. The van der Waals surface area contributed by atoms with Crippen molar-refractivity contribution in [1.82, 2.24) is 4.72 Å². The van der Waals surface area contributed by atoms with E-state index in [1.54, 1.807) is 24.3 Å². The van der Waals surface area contributed by atoms with E-state index in [1.807, 2.05) is 6.92 Å². The highest BCUT2D eigenvalue weighted by Gasteiger charge is 2.12. The number of methoxy groups -OCH3 is 1. The molecule has 18 heavy (non-hydrogen) atoms. The van der Waals surface area contributed by atoms with E-state index < -0.39 is 10.0 Å². The number of aryl methyl sites for hydroxylation is 1. The Hall–Kier alpha value is -1.40. The number of hydrogen-bond acceptors (Lipinski definition) is 4. The summed E-state index contributed by atoms with van der Waals surface area (Å²) in [5.74, 6) is -0.343. The van der Waals surface area contributed by atoms with Crippen molar-refractivity contribution >= 4 is 16.0 Å². The molecule has 0 aromatic heterocycles. The van der Waals surface area contributed by atoms with E-state index in [4.69, 9.17) is 0 Å². The zero-order valence-corrected chi connectivity index (χ0v) is 11.3. The second kappa shape index (κ2) is 6.51. The van der Waals surface area contributed by atoms with Crippen LogP contribution >= 0.6 is 0 Å². The van der Waals surface area contributed by atoms with E-state index in [1.165, 1.54) is 7.11 Å². The monoisotopic (exact) mass is 271 g/mol. The Labute approximate surface area is 107 Å². The first-order chi connectivity index (χ1) is 8.45. The van der Waals surface area contributed by atoms with Crippen LogP contribution in [0.3, 0.4) is 0 Å². The molecule has 0 fully saturated rings. The van der Waals surface area contributed by atoms with Gasteiger partial charge in [-0.05, 0) is 25.5 Å². The molecule has 0 aliphatic heterocycles. The van der Waals surface area contributed by atoms with Gasteiger partial charge in [-0.25, -0.2) is 13.1 Å². The second-order valence-corrected chi connectivity index (χ2v) is 5.66. The average molecular weight is 271 g/mol. The molecule has 1 aromatic carbocycles. The van der Waals surface area contributed by atoms with E-state index in [0.717, 1.165) is 5.56 Å². The van der Waals surface area contributed by atoms with Crippen LogP contribution in [0.15, 0.2) is 29.2 Å². The van der Waals surface area contributed by atoms with Crippen molar-refractivity contribution in [3.8, 4) is 0 Å². The van der Waals surface area contributed by atoms with Gasteiger partial charge in [0.2, 0.25) is 10.0 Å². The topological polar surface area (TPSA) is 72.5 Å². The standard InChI is InChI=1S/C12H17NO4S/c1-10-5-7-11(8-6-10)18(15,16)13-9-3-4-12(14)17-2/h5-8,13H,3-4,9H2,1-2H3. The van der Waals surface area contributed by atoms with E-state index >= 15 is 0 Å². The van der Waals surface area contributed by atoms with Crippen LogP contribution < -0.4 is 4.72 Å². The molecule has 0 aliphatic carbocycles. The van der Waals surface area contributed by atoms with Crippen LogP contribution in [-0.4, -0.2) is 28.0 Å². The fourth-order valence-corrected chi connectivity index (χ4v) is 2.42. The maximum atomic E-state index is 11.8. The average Bonchev–Trinajstić information content (AvgIpc) is 2.35. The minimum absolute atomic E-state index is 0.201. The summed E-state index contributed by atoms with van der Waals surface area (Å²) in [6.45, 7) is 2.10. The van der Waals surface area contributed by atoms with Crippen molar-refractivity contribution in [2.45, 2.75) is 24.7 Å². The van der Waals surface area contributed by atoms with Gasteiger partial charge in [-0.3, -0.25) is 4.79 Å². The molecular formula is C12H17NO4S. The molecule has 1 rings (SSSR count). The normalized spacial score (nSPS) is 11.2. The van der Waals surface area contributed by atoms with Crippen molar-refractivity contribution in [1.29, 1.82) is 0 Å². The van der Waals surface area contributed by atoms with Gasteiger partial charge >= 0.3 is 5.97 Å². The summed E-state index contributed by atoms with van der Waals surface area (Å²) in [5.41, 5.74) is 1.000. The zero-order valence-electron chi connectivity index (χ0n) is 10.5. The van der Waals surface area contributed by atoms with Gasteiger partial charge in [0, 0.05) is 13.0 Å². The summed E-state index contributed by atoms with van der Waals surface area (Å²) in [6, 6.07) is 6.59. The van der Waals surface area contributed by atoms with Gasteiger partial charge in [0.05, 0.1) is 12.0 Å². The predicted octanol–water partition coefficient (Wildman–Crippen LogP) is 1.23. The number of sulfonamides is 1. The summed E-state index contributed by atoms with van der Waals surface area (Å²) < 4.78 is 30.6. The van der Waals surface area contributed by atoms with Gasteiger partial charge in [-0.1, -0.05) is 17.7 Å². The van der Waals surface area contributed by atoms with Gasteiger partial charge in [-0.15, -0.1) is 0 Å². The molecule has 100 valence electrons. The summed E-state index contributed by atoms with van der Waals surface area (Å²) in [5, 5.41) is 0. The highest BCUT2D eigenvalue weighted by Crippen LogP contribution is 2.09. The Balaban J connectivity index is 2.50. The number of ether oxygens (including phenoxy) is 1. The van der Waals surface area contributed by atoms with Crippen LogP contribution in [0, 0.1) is 6.92 Å².